The van der Waals surface area contributed by atoms with Crippen LogP contribution in [0.4, 0.5) is 10.5 Å². The highest BCUT2D eigenvalue weighted by atomic mass is 35.5. The molecular weight excluding hydrogens is 306 g/mol. The Morgan fingerprint density at radius 2 is 1.91 bits per heavy atom. The molecule has 0 aromatic heterocycles. The molecule has 3 heterocycles. The van der Waals surface area contributed by atoms with Gasteiger partial charge in [-0.2, -0.15) is 0 Å². The Labute approximate surface area is 131 Å². The van der Waals surface area contributed by atoms with E-state index in [1.54, 1.807) is 6.07 Å². The monoisotopic (exact) mass is 319 g/mol. The summed E-state index contributed by atoms with van der Waals surface area (Å²) in [4.78, 5) is 38.7. The summed E-state index contributed by atoms with van der Waals surface area (Å²) in [5.74, 6) is -1.05. The van der Waals surface area contributed by atoms with Crippen LogP contribution in [0.15, 0.2) is 18.2 Å². The molecule has 1 atom stereocenters. The number of benzene rings is 1. The van der Waals surface area contributed by atoms with Gasteiger partial charge in [0.1, 0.15) is 0 Å². The van der Waals surface area contributed by atoms with Gasteiger partial charge < -0.3 is 4.90 Å². The van der Waals surface area contributed by atoms with Gasteiger partial charge in [0.15, 0.2) is 5.41 Å². The largest absolute Gasteiger partial charge is 0.367 e. The van der Waals surface area contributed by atoms with Crippen LogP contribution in [0.25, 0.3) is 0 Å². The molecular formula is C15H14ClN3O3. The number of anilines is 1. The van der Waals surface area contributed by atoms with Gasteiger partial charge in [-0.15, -0.1) is 0 Å². The highest BCUT2D eigenvalue weighted by molar-refractivity contribution is 6.32. The average Bonchev–Trinajstić information content (AvgIpc) is 2.95. The zero-order chi connectivity index (χ0) is 15.5. The van der Waals surface area contributed by atoms with E-state index >= 15 is 0 Å². The maximum absolute atomic E-state index is 12.6. The van der Waals surface area contributed by atoms with Crippen LogP contribution < -0.4 is 15.5 Å². The van der Waals surface area contributed by atoms with Gasteiger partial charge in [0.2, 0.25) is 11.8 Å². The fraction of sp³-hybridized carbons (Fsp3) is 0.400. The zero-order valence-corrected chi connectivity index (χ0v) is 12.4. The van der Waals surface area contributed by atoms with Crippen molar-refractivity contribution in [2.75, 3.05) is 11.4 Å². The summed E-state index contributed by atoms with van der Waals surface area (Å²) < 4.78 is 0. The number of amides is 4. The third-order valence-corrected chi connectivity index (χ3v) is 5.30. The van der Waals surface area contributed by atoms with Crippen molar-refractivity contribution in [2.45, 2.75) is 25.3 Å². The number of nitrogens with one attached hydrogen (secondary N) is 2. The van der Waals surface area contributed by atoms with Crippen molar-refractivity contribution in [3.8, 4) is 0 Å². The van der Waals surface area contributed by atoms with Crippen molar-refractivity contribution in [2.24, 2.45) is 5.41 Å². The number of halogens is 1. The van der Waals surface area contributed by atoms with E-state index in [1.807, 2.05) is 12.1 Å². The van der Waals surface area contributed by atoms with Gasteiger partial charge >= 0.3 is 6.03 Å². The van der Waals surface area contributed by atoms with E-state index in [4.69, 9.17) is 11.6 Å². The molecule has 22 heavy (non-hydrogen) atoms. The summed E-state index contributed by atoms with van der Waals surface area (Å²) in [5.41, 5.74) is 0.489. The summed E-state index contributed by atoms with van der Waals surface area (Å²) >= 11 is 6.30. The number of hydrogen-bond acceptors (Lipinski definition) is 4. The summed E-state index contributed by atoms with van der Waals surface area (Å²) in [7, 11) is 0. The van der Waals surface area contributed by atoms with Crippen LogP contribution >= 0.6 is 11.6 Å². The van der Waals surface area contributed by atoms with Gasteiger partial charge in [0.25, 0.3) is 0 Å². The van der Waals surface area contributed by atoms with E-state index in [0.29, 0.717) is 5.02 Å². The number of rotatable bonds is 0. The number of carbonyl (C=O) groups is 3. The quantitative estimate of drug-likeness (QED) is 0.705. The fourth-order valence-electron chi connectivity index (χ4n) is 3.98. The molecule has 1 aromatic carbocycles. The summed E-state index contributed by atoms with van der Waals surface area (Å²) in [6.45, 7) is 0.772. The Morgan fingerprint density at radius 1 is 1.18 bits per heavy atom. The standard InChI is InChI=1S/C15H14ClN3O3/c16-9-3-1-4-10-8(9)7-15(11-5-2-6-19(10)11)12(20)17-14(22)18-13(15)21/h1,3-4,11H,2,5-7H2,(H2,17,18,20,21,22)/t11-/m1/s1. The summed E-state index contributed by atoms with van der Waals surface area (Å²) in [6.07, 6.45) is 1.85. The van der Waals surface area contributed by atoms with Crippen LogP contribution in [0.2, 0.25) is 5.02 Å². The van der Waals surface area contributed by atoms with E-state index in [2.05, 4.69) is 15.5 Å². The van der Waals surface area contributed by atoms with E-state index < -0.39 is 23.3 Å². The number of nitrogens with zero attached hydrogens (tertiary/aromatic N) is 1. The second kappa shape index (κ2) is 4.46. The number of imide groups is 2. The molecule has 3 aliphatic rings. The van der Waals surface area contributed by atoms with Gasteiger partial charge in [-0.25, -0.2) is 4.79 Å². The van der Waals surface area contributed by atoms with Crippen LogP contribution in [-0.4, -0.2) is 30.4 Å². The SMILES string of the molecule is O=C1NC(=O)C2(Cc3c(Cl)cccc3N3CCC[C@@H]32)C(=O)N1. The molecule has 2 fully saturated rings. The van der Waals surface area contributed by atoms with Crippen molar-refractivity contribution in [1.29, 1.82) is 0 Å². The van der Waals surface area contributed by atoms with Gasteiger partial charge in [-0.1, -0.05) is 17.7 Å². The second-order valence-electron chi connectivity index (χ2n) is 5.97. The van der Waals surface area contributed by atoms with Gasteiger partial charge in [0.05, 0.1) is 6.04 Å². The highest BCUT2D eigenvalue weighted by Crippen LogP contribution is 2.48. The lowest BCUT2D eigenvalue weighted by Gasteiger charge is -2.47. The summed E-state index contributed by atoms with van der Waals surface area (Å²) in [5, 5.41) is 5.05. The lowest BCUT2D eigenvalue weighted by atomic mass is 9.69. The highest BCUT2D eigenvalue weighted by Gasteiger charge is 2.60. The smallest absolute Gasteiger partial charge is 0.328 e. The van der Waals surface area contributed by atoms with Gasteiger partial charge in [0, 0.05) is 23.7 Å². The Kier molecular flexibility index (Phi) is 2.75. The molecule has 6 nitrogen and oxygen atoms in total. The Morgan fingerprint density at radius 3 is 2.64 bits per heavy atom. The molecule has 0 unspecified atom stereocenters. The van der Waals surface area contributed by atoms with Crippen molar-refractivity contribution < 1.29 is 14.4 Å². The molecule has 0 saturated carbocycles. The van der Waals surface area contributed by atoms with E-state index in [-0.39, 0.29) is 12.5 Å². The predicted octanol–water partition coefficient (Wildman–Crippen LogP) is 1.22. The van der Waals surface area contributed by atoms with E-state index in [9.17, 15) is 14.4 Å². The molecule has 1 spiro atoms. The fourth-order valence-corrected chi connectivity index (χ4v) is 4.22. The minimum Gasteiger partial charge on any atom is -0.367 e. The Bertz CT molecular complexity index is 698. The molecule has 4 amide bonds. The first-order chi connectivity index (χ1) is 10.5. The predicted molar refractivity (Wildman–Crippen MR) is 79.6 cm³/mol. The number of urea groups is 1. The first-order valence-electron chi connectivity index (χ1n) is 7.25. The Balaban J connectivity index is 1.91. The van der Waals surface area contributed by atoms with Crippen LogP contribution in [0.3, 0.4) is 0 Å². The number of barbiturate groups is 1. The number of fused-ring (bicyclic) bond motifs is 4. The third kappa shape index (κ3) is 1.58. The van der Waals surface area contributed by atoms with Crippen LogP contribution in [0, 0.1) is 5.41 Å². The normalized spacial score (nSPS) is 25.6. The molecule has 2 saturated heterocycles. The lowest BCUT2D eigenvalue weighted by Crippen LogP contribution is -2.70. The van der Waals surface area contributed by atoms with Crippen LogP contribution in [0.1, 0.15) is 18.4 Å². The topological polar surface area (TPSA) is 78.5 Å². The van der Waals surface area contributed by atoms with Crippen LogP contribution in [0.5, 0.6) is 0 Å². The average molecular weight is 320 g/mol. The minimum atomic E-state index is -1.29. The molecule has 4 rings (SSSR count). The van der Waals surface area contributed by atoms with Crippen molar-refractivity contribution in [3.63, 3.8) is 0 Å². The lowest BCUT2D eigenvalue weighted by molar-refractivity contribution is -0.146. The van der Waals surface area contributed by atoms with Crippen molar-refractivity contribution in [3.05, 3.63) is 28.8 Å². The molecule has 0 bridgehead atoms. The van der Waals surface area contributed by atoms with Crippen molar-refractivity contribution >= 4 is 35.1 Å². The molecule has 2 N–H and O–H groups in total. The summed E-state index contributed by atoms with van der Waals surface area (Å²) in [6, 6.07) is 4.60. The van der Waals surface area contributed by atoms with Crippen molar-refractivity contribution in [1.82, 2.24) is 10.6 Å². The van der Waals surface area contributed by atoms with E-state index in [0.717, 1.165) is 30.6 Å². The first-order valence-corrected chi connectivity index (χ1v) is 7.63. The molecule has 7 heteroatoms. The molecule has 0 aliphatic carbocycles. The zero-order valence-electron chi connectivity index (χ0n) is 11.7. The maximum Gasteiger partial charge on any atom is 0.328 e. The number of carbonyl (C=O) groups excluding carboxylic acids is 3. The molecule has 3 aliphatic heterocycles. The Hall–Kier alpha value is -2.08. The number of hydrogen-bond donors (Lipinski definition) is 2. The molecule has 114 valence electrons. The molecule has 0 radical (unpaired) electrons. The molecule has 1 aromatic rings. The third-order valence-electron chi connectivity index (χ3n) is 4.95. The van der Waals surface area contributed by atoms with E-state index in [1.165, 1.54) is 0 Å². The maximum atomic E-state index is 12.6. The minimum absolute atomic E-state index is 0.216. The first kappa shape index (κ1) is 13.6. The van der Waals surface area contributed by atoms with Gasteiger partial charge in [-0.3, -0.25) is 20.2 Å². The second-order valence-corrected chi connectivity index (χ2v) is 6.38. The van der Waals surface area contributed by atoms with Crippen LogP contribution in [-0.2, 0) is 16.0 Å². The van der Waals surface area contributed by atoms with Gasteiger partial charge in [-0.05, 0) is 30.5 Å².